The summed E-state index contributed by atoms with van der Waals surface area (Å²) in [5.41, 5.74) is 3.30. The average molecular weight is 689 g/mol. The van der Waals surface area contributed by atoms with Gasteiger partial charge in [-0.15, -0.1) is 0 Å². The molecule has 1 N–H and O–H groups in total. The molecular weight excluding hydrogens is 658 g/mol. The molecule has 5 aromatic rings. The number of nitrogens with zero attached hydrogens (tertiary/aromatic N) is 6. The Morgan fingerprint density at radius 3 is 2.78 bits per heavy atom. The lowest BCUT2D eigenvalue weighted by Gasteiger charge is -2.53. The number of pyridine rings is 1. The minimum atomic E-state index is -2.98. The third-order valence-corrected chi connectivity index (χ3v) is 10.1. The second kappa shape index (κ2) is 12.2. The van der Waals surface area contributed by atoms with Gasteiger partial charge < -0.3 is 33.5 Å². The van der Waals surface area contributed by atoms with Gasteiger partial charge in [0.2, 0.25) is 5.88 Å². The molecule has 3 aliphatic heterocycles. The molecule has 0 unspecified atom stereocenters. The Kier molecular flexibility index (Phi) is 7.81. The number of aryl methyl sites for hydroxylation is 1. The van der Waals surface area contributed by atoms with Gasteiger partial charge in [0, 0.05) is 35.5 Å². The van der Waals surface area contributed by atoms with Gasteiger partial charge in [0.25, 0.3) is 6.43 Å². The van der Waals surface area contributed by atoms with Crippen LogP contribution in [0.15, 0.2) is 46.3 Å². The highest BCUT2D eigenvalue weighted by atomic mass is 32.1. The first-order chi connectivity index (χ1) is 23.7. The van der Waals surface area contributed by atoms with Crippen molar-refractivity contribution in [2.24, 2.45) is 0 Å². The predicted molar refractivity (Wildman–Crippen MR) is 175 cm³/mol. The van der Waals surface area contributed by atoms with E-state index in [4.69, 9.17) is 18.6 Å². The van der Waals surface area contributed by atoms with Crippen molar-refractivity contribution in [3.05, 3.63) is 64.6 Å². The number of aliphatic carboxylic acids is 1. The summed E-state index contributed by atoms with van der Waals surface area (Å²) in [5.74, 6) is 4.75. The number of hydrogen-bond donors (Lipinski definition) is 1. The van der Waals surface area contributed by atoms with E-state index in [1.165, 1.54) is 16.4 Å². The Morgan fingerprint density at radius 1 is 1.20 bits per heavy atom. The number of carboxylic acid groups (broad SMARTS) is 1. The summed E-state index contributed by atoms with van der Waals surface area (Å²) in [5, 5.41) is 12.7. The molecule has 1 aromatic carbocycles. The number of carbonyl (C=O) groups is 1. The van der Waals surface area contributed by atoms with Crippen LogP contribution in [0.5, 0.6) is 5.88 Å². The van der Waals surface area contributed by atoms with E-state index in [0.717, 1.165) is 11.3 Å². The summed E-state index contributed by atoms with van der Waals surface area (Å²) < 4.78 is 56.6. The van der Waals surface area contributed by atoms with Gasteiger partial charge in [-0.3, -0.25) is 0 Å². The summed E-state index contributed by atoms with van der Waals surface area (Å²) in [7, 11) is 0. The number of anilines is 2. The molecular formula is C34H30F2N6O6S. The topological polar surface area (TPSA) is 136 Å². The molecule has 3 atom stereocenters. The zero-order valence-electron chi connectivity index (χ0n) is 26.4. The fourth-order valence-corrected chi connectivity index (χ4v) is 7.30. The van der Waals surface area contributed by atoms with Crippen LogP contribution in [0.3, 0.4) is 0 Å². The van der Waals surface area contributed by atoms with E-state index >= 15 is 0 Å². The maximum Gasteiger partial charge on any atom is 0.326 e. The van der Waals surface area contributed by atoms with Gasteiger partial charge in [-0.1, -0.05) is 24.0 Å². The highest BCUT2D eigenvalue weighted by Gasteiger charge is 2.50. The molecule has 3 fully saturated rings. The average Bonchev–Trinajstić information content (AvgIpc) is 3.80. The van der Waals surface area contributed by atoms with Gasteiger partial charge in [-0.05, 0) is 43.6 Å². The van der Waals surface area contributed by atoms with Crippen LogP contribution in [0, 0.1) is 18.8 Å². The molecule has 3 saturated heterocycles. The first-order valence-electron chi connectivity index (χ1n) is 15.8. The second-order valence-electron chi connectivity index (χ2n) is 12.4. The van der Waals surface area contributed by atoms with Gasteiger partial charge in [-0.2, -0.15) is 4.37 Å². The van der Waals surface area contributed by atoms with Gasteiger partial charge in [-0.25, -0.2) is 28.5 Å². The summed E-state index contributed by atoms with van der Waals surface area (Å²) >= 11 is 1.34. The van der Waals surface area contributed by atoms with E-state index in [-0.39, 0.29) is 35.9 Å². The van der Waals surface area contributed by atoms with Gasteiger partial charge in [0.15, 0.2) is 17.2 Å². The molecule has 8 rings (SSSR count). The summed E-state index contributed by atoms with van der Waals surface area (Å²) in [6.45, 7) is 5.94. The normalized spacial score (nSPS) is 21.7. The van der Waals surface area contributed by atoms with Crippen molar-refractivity contribution >= 4 is 51.1 Å². The standard InChI is InChI=1S/C34H30F2N6O6S/c1-18-21(15-49-40-18)8-7-20-11-24(41-9-10-46-34(19(41)2)16-45-17-34)32(37-13-20)47-22-12-25(33(43)44)42(14-22)31-28-27(38-30(39-31)29(35)36)23-5-3-4-6-26(23)48-28/h3-6,11,13,15,19,22,25,29H,9-10,12,14,16-17H2,1-2H3,(H,43,44)/t19-,22-,25-/m0/s1. The molecule has 0 saturated carbocycles. The third-order valence-electron chi connectivity index (χ3n) is 9.39. The van der Waals surface area contributed by atoms with Crippen molar-refractivity contribution in [1.29, 1.82) is 0 Å². The predicted octanol–water partition coefficient (Wildman–Crippen LogP) is 4.98. The lowest BCUT2D eigenvalue weighted by Crippen LogP contribution is -2.68. The first-order valence-corrected chi connectivity index (χ1v) is 16.6. The maximum atomic E-state index is 14.1. The van der Waals surface area contributed by atoms with Crippen molar-refractivity contribution in [2.75, 3.05) is 42.7 Å². The minimum Gasteiger partial charge on any atom is -0.480 e. The number of morpholine rings is 1. The van der Waals surface area contributed by atoms with E-state index in [1.54, 1.807) is 30.5 Å². The number of alkyl halides is 2. The Labute approximate surface area is 282 Å². The van der Waals surface area contributed by atoms with Crippen LogP contribution in [0.2, 0.25) is 0 Å². The van der Waals surface area contributed by atoms with Gasteiger partial charge in [0.1, 0.15) is 34.5 Å². The lowest BCUT2D eigenvalue weighted by atomic mass is 9.90. The smallest absolute Gasteiger partial charge is 0.326 e. The van der Waals surface area contributed by atoms with Gasteiger partial charge >= 0.3 is 5.97 Å². The van der Waals surface area contributed by atoms with Gasteiger partial charge in [0.05, 0.1) is 43.7 Å². The van der Waals surface area contributed by atoms with Crippen LogP contribution in [0.1, 0.15) is 42.4 Å². The lowest BCUT2D eigenvalue weighted by molar-refractivity contribution is -0.228. The van der Waals surface area contributed by atoms with Crippen LogP contribution < -0.4 is 14.5 Å². The maximum absolute atomic E-state index is 14.1. The van der Waals surface area contributed by atoms with Crippen LogP contribution >= 0.6 is 11.5 Å². The molecule has 12 nitrogen and oxygen atoms in total. The largest absolute Gasteiger partial charge is 0.480 e. The van der Waals surface area contributed by atoms with Crippen LogP contribution in [0.4, 0.5) is 20.3 Å². The van der Waals surface area contributed by atoms with E-state index in [0.29, 0.717) is 54.5 Å². The van der Waals surface area contributed by atoms with Crippen molar-refractivity contribution in [2.45, 2.75) is 50.5 Å². The highest BCUT2D eigenvalue weighted by molar-refractivity contribution is 7.03. The van der Waals surface area contributed by atoms with E-state index in [9.17, 15) is 18.7 Å². The SMILES string of the molecule is Cc1nscc1C#Cc1cnc(O[C@H]2C[C@@H](C(=O)O)N(c3nc(C(F)F)nc4c3oc3ccccc34)C2)c(N2CCOC3(COC3)[C@@H]2C)c1. The van der Waals surface area contributed by atoms with Crippen LogP contribution in [-0.2, 0) is 14.3 Å². The molecule has 0 radical (unpaired) electrons. The highest BCUT2D eigenvalue weighted by Crippen LogP contribution is 2.41. The second-order valence-corrected chi connectivity index (χ2v) is 13.0. The number of hydrogen-bond acceptors (Lipinski definition) is 12. The van der Waals surface area contributed by atoms with Crippen molar-refractivity contribution in [3.63, 3.8) is 0 Å². The Hall–Kier alpha value is -4.91. The molecule has 0 aliphatic carbocycles. The number of halogens is 2. The van der Waals surface area contributed by atoms with E-state index in [2.05, 4.69) is 43.0 Å². The number of aromatic nitrogens is 4. The minimum absolute atomic E-state index is 0.0202. The molecule has 0 bridgehead atoms. The Bertz CT molecular complexity index is 2140. The third kappa shape index (κ3) is 5.49. The molecule has 1 spiro atoms. The molecule has 15 heteroatoms. The quantitative estimate of drug-likeness (QED) is 0.241. The number of para-hydroxylation sites is 1. The summed E-state index contributed by atoms with van der Waals surface area (Å²) in [6, 6.07) is 7.59. The summed E-state index contributed by atoms with van der Waals surface area (Å²) in [4.78, 5) is 29.1. The number of ether oxygens (including phenoxy) is 3. The fraction of sp³-hybridized carbons (Fsp3) is 0.382. The van der Waals surface area contributed by atoms with E-state index < -0.39 is 36.0 Å². The molecule has 3 aliphatic rings. The molecule has 252 valence electrons. The monoisotopic (exact) mass is 688 g/mol. The molecule has 49 heavy (non-hydrogen) atoms. The number of benzene rings is 1. The zero-order chi connectivity index (χ0) is 33.9. The van der Waals surface area contributed by atoms with Crippen LogP contribution in [0.25, 0.3) is 22.1 Å². The first kappa shape index (κ1) is 31.4. The van der Waals surface area contributed by atoms with Crippen molar-refractivity contribution in [3.8, 4) is 17.7 Å². The molecule has 0 amide bonds. The molecule has 7 heterocycles. The number of furan rings is 1. The number of rotatable bonds is 6. The van der Waals surface area contributed by atoms with Crippen molar-refractivity contribution in [1.82, 2.24) is 19.3 Å². The Morgan fingerprint density at radius 2 is 2.04 bits per heavy atom. The summed E-state index contributed by atoms with van der Waals surface area (Å²) in [6.07, 6.45) is -2.02. The number of carboxylic acids is 1. The van der Waals surface area contributed by atoms with Crippen LogP contribution in [-0.4, -0.2) is 87.1 Å². The molecule has 4 aromatic heterocycles. The van der Waals surface area contributed by atoms with E-state index in [1.807, 2.05) is 18.4 Å². The van der Waals surface area contributed by atoms with Crippen molar-refractivity contribution < 1.29 is 37.3 Å². The fourth-order valence-electron chi connectivity index (χ4n) is 6.65. The zero-order valence-corrected chi connectivity index (χ0v) is 27.2. The number of fused-ring (bicyclic) bond motifs is 3. The Balaban J connectivity index is 1.16.